The molecule has 0 saturated heterocycles. The van der Waals surface area contributed by atoms with Crippen molar-refractivity contribution in [2.75, 3.05) is 0 Å². The molecular formula is C7H7F3N2O3. The molecule has 5 nitrogen and oxygen atoms in total. The number of aromatic amines is 1. The van der Waals surface area contributed by atoms with Gasteiger partial charge < -0.3 is 5.11 Å². The first-order valence-electron chi connectivity index (χ1n) is 3.85. The maximum absolute atomic E-state index is 11.9. The van der Waals surface area contributed by atoms with E-state index in [1.54, 1.807) is 4.98 Å². The number of nitrogens with zero attached hydrogens (tertiary/aromatic N) is 1. The number of nitrogens with one attached hydrogen (secondary N) is 1. The van der Waals surface area contributed by atoms with Gasteiger partial charge in [0.2, 0.25) is 0 Å². The molecule has 1 rings (SSSR count). The smallest absolute Gasteiger partial charge is 0.382 e. The summed E-state index contributed by atoms with van der Waals surface area (Å²) in [6.45, 7) is -0.945. The molecule has 0 aliphatic rings. The number of H-pyrrole nitrogens is 1. The van der Waals surface area contributed by atoms with Crippen LogP contribution >= 0.6 is 0 Å². The van der Waals surface area contributed by atoms with E-state index in [9.17, 15) is 22.8 Å². The second kappa shape index (κ2) is 3.89. The Hall–Kier alpha value is -1.57. The van der Waals surface area contributed by atoms with Gasteiger partial charge in [-0.15, -0.1) is 0 Å². The molecule has 0 aliphatic carbocycles. The van der Waals surface area contributed by atoms with Crippen molar-refractivity contribution in [3.05, 3.63) is 33.1 Å². The van der Waals surface area contributed by atoms with E-state index >= 15 is 0 Å². The minimum Gasteiger partial charge on any atom is -0.382 e. The van der Waals surface area contributed by atoms with Crippen LogP contribution in [0.4, 0.5) is 13.2 Å². The van der Waals surface area contributed by atoms with E-state index in [4.69, 9.17) is 5.11 Å². The quantitative estimate of drug-likeness (QED) is 0.708. The normalized spacial score (nSPS) is 13.9. The highest BCUT2D eigenvalue weighted by molar-refractivity contribution is 4.83. The molecule has 0 spiro atoms. The molecule has 0 radical (unpaired) electrons. The highest BCUT2D eigenvalue weighted by Gasteiger charge is 2.38. The molecule has 8 heteroatoms. The largest absolute Gasteiger partial charge is 0.416 e. The van der Waals surface area contributed by atoms with Gasteiger partial charge in [0.15, 0.2) is 6.10 Å². The van der Waals surface area contributed by atoms with Crippen molar-refractivity contribution in [1.82, 2.24) is 9.55 Å². The number of aliphatic hydroxyl groups is 1. The fourth-order valence-corrected chi connectivity index (χ4v) is 0.878. The topological polar surface area (TPSA) is 75.1 Å². The summed E-state index contributed by atoms with van der Waals surface area (Å²) in [5, 5.41) is 8.66. The van der Waals surface area contributed by atoms with Crippen LogP contribution in [0, 0.1) is 0 Å². The lowest BCUT2D eigenvalue weighted by molar-refractivity contribution is -0.207. The Labute approximate surface area is 80.8 Å². The van der Waals surface area contributed by atoms with E-state index in [1.807, 2.05) is 0 Å². The summed E-state index contributed by atoms with van der Waals surface area (Å²) >= 11 is 0. The summed E-state index contributed by atoms with van der Waals surface area (Å²) in [6.07, 6.45) is -6.55. The third-order valence-corrected chi connectivity index (χ3v) is 1.64. The van der Waals surface area contributed by atoms with Crippen molar-refractivity contribution in [3.63, 3.8) is 0 Å². The third-order valence-electron chi connectivity index (χ3n) is 1.64. The molecule has 0 amide bonds. The van der Waals surface area contributed by atoms with Gasteiger partial charge in [-0.3, -0.25) is 14.3 Å². The Morgan fingerprint density at radius 2 is 2.07 bits per heavy atom. The summed E-state index contributed by atoms with van der Waals surface area (Å²) in [7, 11) is 0. The molecule has 84 valence electrons. The fourth-order valence-electron chi connectivity index (χ4n) is 0.878. The van der Waals surface area contributed by atoms with Gasteiger partial charge in [-0.25, -0.2) is 4.79 Å². The molecule has 2 N–H and O–H groups in total. The summed E-state index contributed by atoms with van der Waals surface area (Å²) in [4.78, 5) is 23.3. The maximum Gasteiger partial charge on any atom is 0.416 e. The molecule has 1 atom stereocenters. The molecule has 1 aromatic rings. The zero-order valence-electron chi connectivity index (χ0n) is 7.28. The summed E-state index contributed by atoms with van der Waals surface area (Å²) in [5.41, 5.74) is -1.71. The predicted molar refractivity (Wildman–Crippen MR) is 43.4 cm³/mol. The van der Waals surface area contributed by atoms with Crippen LogP contribution in [-0.2, 0) is 6.54 Å². The number of rotatable bonds is 2. The average molecular weight is 224 g/mol. The van der Waals surface area contributed by atoms with Crippen LogP contribution in [0.15, 0.2) is 21.9 Å². The Balaban J connectivity index is 2.91. The molecular weight excluding hydrogens is 217 g/mol. The zero-order valence-corrected chi connectivity index (χ0v) is 7.28. The van der Waals surface area contributed by atoms with Gasteiger partial charge in [0.05, 0.1) is 6.54 Å². The maximum atomic E-state index is 11.9. The van der Waals surface area contributed by atoms with Gasteiger partial charge in [-0.2, -0.15) is 13.2 Å². The van der Waals surface area contributed by atoms with Gasteiger partial charge in [0, 0.05) is 12.3 Å². The summed E-state index contributed by atoms with van der Waals surface area (Å²) in [5.74, 6) is 0. The van der Waals surface area contributed by atoms with Crippen molar-refractivity contribution < 1.29 is 18.3 Å². The highest BCUT2D eigenvalue weighted by Crippen LogP contribution is 2.20. The Morgan fingerprint density at radius 1 is 1.47 bits per heavy atom. The molecule has 1 aromatic heterocycles. The summed E-state index contributed by atoms with van der Waals surface area (Å²) in [6, 6.07) is 0.893. The van der Waals surface area contributed by atoms with Gasteiger partial charge in [0.1, 0.15) is 0 Å². The standard InChI is InChI=1S/C7H7F3N2O3/c8-7(9,10)4(13)3-12-2-1-5(14)11-6(12)15/h1-2,4,13H,3H2,(H,11,14,15)/t4-/m1/s1. The first kappa shape index (κ1) is 11.5. The van der Waals surface area contributed by atoms with Crippen LogP contribution in [0.5, 0.6) is 0 Å². The first-order chi connectivity index (χ1) is 6.80. The Bertz CT molecular complexity index is 448. The van der Waals surface area contributed by atoms with Crippen LogP contribution in [0.1, 0.15) is 0 Å². The molecule has 0 saturated carbocycles. The van der Waals surface area contributed by atoms with E-state index < -0.39 is 30.1 Å². The lowest BCUT2D eigenvalue weighted by atomic mass is 10.3. The van der Waals surface area contributed by atoms with E-state index in [0.717, 1.165) is 12.3 Å². The molecule has 1 heterocycles. The van der Waals surface area contributed by atoms with Crippen molar-refractivity contribution >= 4 is 0 Å². The SMILES string of the molecule is O=c1ccn(C[C@@H](O)C(F)(F)F)c(=O)[nH]1. The minimum atomic E-state index is -4.80. The minimum absolute atomic E-state index is 0.569. The second-order valence-electron chi connectivity index (χ2n) is 2.82. The van der Waals surface area contributed by atoms with Crippen LogP contribution in [-0.4, -0.2) is 26.9 Å². The van der Waals surface area contributed by atoms with Crippen molar-refractivity contribution in [1.29, 1.82) is 0 Å². The van der Waals surface area contributed by atoms with E-state index in [-0.39, 0.29) is 0 Å². The predicted octanol–water partition coefficient (Wildman–Crippen LogP) is -0.540. The number of halogens is 3. The summed E-state index contributed by atoms with van der Waals surface area (Å²) < 4.78 is 36.3. The van der Waals surface area contributed by atoms with Crippen molar-refractivity contribution in [3.8, 4) is 0 Å². The van der Waals surface area contributed by atoms with Gasteiger partial charge in [-0.05, 0) is 0 Å². The monoisotopic (exact) mass is 224 g/mol. The number of alkyl halides is 3. The molecule has 0 unspecified atom stereocenters. The van der Waals surface area contributed by atoms with E-state index in [2.05, 4.69) is 0 Å². The zero-order chi connectivity index (χ0) is 11.6. The number of hydrogen-bond donors (Lipinski definition) is 2. The van der Waals surface area contributed by atoms with E-state index in [1.165, 1.54) is 0 Å². The second-order valence-corrected chi connectivity index (χ2v) is 2.82. The van der Waals surface area contributed by atoms with Crippen LogP contribution < -0.4 is 11.2 Å². The lowest BCUT2D eigenvalue weighted by Crippen LogP contribution is -2.38. The molecule has 0 aromatic carbocycles. The molecule has 15 heavy (non-hydrogen) atoms. The van der Waals surface area contributed by atoms with Crippen molar-refractivity contribution in [2.24, 2.45) is 0 Å². The molecule has 0 bridgehead atoms. The number of hydrogen-bond acceptors (Lipinski definition) is 3. The van der Waals surface area contributed by atoms with Crippen LogP contribution in [0.25, 0.3) is 0 Å². The lowest BCUT2D eigenvalue weighted by Gasteiger charge is -2.14. The van der Waals surface area contributed by atoms with Gasteiger partial charge in [-0.1, -0.05) is 0 Å². The average Bonchev–Trinajstić information content (AvgIpc) is 2.08. The number of aliphatic hydroxyl groups excluding tert-OH is 1. The third kappa shape index (κ3) is 2.94. The van der Waals surface area contributed by atoms with Crippen LogP contribution in [0.2, 0.25) is 0 Å². The molecule has 0 aliphatic heterocycles. The Kier molecular flexibility index (Phi) is 2.98. The number of aromatic nitrogens is 2. The molecule has 0 fully saturated rings. The Morgan fingerprint density at radius 3 is 2.53 bits per heavy atom. The van der Waals surface area contributed by atoms with Gasteiger partial charge >= 0.3 is 11.9 Å². The van der Waals surface area contributed by atoms with E-state index in [0.29, 0.717) is 4.57 Å². The van der Waals surface area contributed by atoms with Crippen LogP contribution in [0.3, 0.4) is 0 Å². The van der Waals surface area contributed by atoms with Gasteiger partial charge in [0.25, 0.3) is 5.56 Å². The highest BCUT2D eigenvalue weighted by atomic mass is 19.4. The fraction of sp³-hybridized carbons (Fsp3) is 0.429. The van der Waals surface area contributed by atoms with Crippen molar-refractivity contribution in [2.45, 2.75) is 18.8 Å². The first-order valence-corrected chi connectivity index (χ1v) is 3.85.